The van der Waals surface area contributed by atoms with E-state index in [0.29, 0.717) is 23.9 Å². The maximum atomic E-state index is 12.3. The fourth-order valence-corrected chi connectivity index (χ4v) is 3.53. The largest absolute Gasteiger partial charge is 0.353 e. The SMILES string of the molecule is CC1CC(C(=O)NC2CCC(C)C2C)CCC1N. The van der Waals surface area contributed by atoms with Crippen molar-refractivity contribution in [1.82, 2.24) is 5.32 Å². The number of carbonyl (C=O) groups is 1. The third-order valence-electron chi connectivity index (χ3n) is 5.40. The molecule has 0 aromatic rings. The van der Waals surface area contributed by atoms with Crippen molar-refractivity contribution in [1.29, 1.82) is 0 Å². The van der Waals surface area contributed by atoms with Crippen molar-refractivity contribution < 1.29 is 4.79 Å². The van der Waals surface area contributed by atoms with E-state index in [1.165, 1.54) is 6.42 Å². The molecule has 2 saturated carbocycles. The first-order valence-corrected chi connectivity index (χ1v) is 7.55. The van der Waals surface area contributed by atoms with E-state index in [1.807, 2.05) is 0 Å². The van der Waals surface area contributed by atoms with Crippen LogP contribution in [-0.4, -0.2) is 18.0 Å². The van der Waals surface area contributed by atoms with Crippen LogP contribution in [0.3, 0.4) is 0 Å². The van der Waals surface area contributed by atoms with E-state index in [0.717, 1.165) is 31.6 Å². The second-order valence-corrected chi connectivity index (χ2v) is 6.68. The zero-order valence-electron chi connectivity index (χ0n) is 12.0. The van der Waals surface area contributed by atoms with E-state index in [1.54, 1.807) is 0 Å². The molecule has 0 aliphatic heterocycles. The van der Waals surface area contributed by atoms with E-state index in [4.69, 9.17) is 5.73 Å². The quantitative estimate of drug-likeness (QED) is 0.792. The molecule has 1 amide bonds. The molecule has 0 spiro atoms. The smallest absolute Gasteiger partial charge is 0.223 e. The van der Waals surface area contributed by atoms with Gasteiger partial charge in [0, 0.05) is 18.0 Å². The standard InChI is InChI=1S/C15H28N2O/c1-9-4-7-14(11(9)3)17-15(18)12-5-6-13(16)10(2)8-12/h9-14H,4-8,16H2,1-3H3,(H,17,18). The molecule has 0 bridgehead atoms. The molecule has 6 unspecified atom stereocenters. The summed E-state index contributed by atoms with van der Waals surface area (Å²) in [6.45, 7) is 6.73. The zero-order valence-corrected chi connectivity index (χ0v) is 12.0. The van der Waals surface area contributed by atoms with Crippen LogP contribution < -0.4 is 11.1 Å². The van der Waals surface area contributed by atoms with Gasteiger partial charge < -0.3 is 11.1 Å². The molecule has 3 nitrogen and oxygen atoms in total. The Morgan fingerprint density at radius 3 is 2.33 bits per heavy atom. The van der Waals surface area contributed by atoms with E-state index in [9.17, 15) is 4.79 Å². The molecule has 0 aromatic heterocycles. The molecular weight excluding hydrogens is 224 g/mol. The number of amides is 1. The third-order valence-corrected chi connectivity index (χ3v) is 5.40. The molecule has 18 heavy (non-hydrogen) atoms. The minimum atomic E-state index is 0.197. The summed E-state index contributed by atoms with van der Waals surface area (Å²) in [7, 11) is 0. The fourth-order valence-electron chi connectivity index (χ4n) is 3.53. The van der Waals surface area contributed by atoms with Crippen molar-refractivity contribution in [3.63, 3.8) is 0 Å². The first-order chi connectivity index (χ1) is 8.49. The summed E-state index contributed by atoms with van der Waals surface area (Å²) in [5.74, 6) is 2.32. The van der Waals surface area contributed by atoms with Gasteiger partial charge in [0.05, 0.1) is 0 Å². The highest BCUT2D eigenvalue weighted by Gasteiger charge is 2.34. The molecule has 2 fully saturated rings. The highest BCUT2D eigenvalue weighted by Crippen LogP contribution is 2.33. The maximum Gasteiger partial charge on any atom is 0.223 e. The second kappa shape index (κ2) is 5.60. The van der Waals surface area contributed by atoms with E-state index >= 15 is 0 Å². The minimum absolute atomic E-state index is 0.197. The van der Waals surface area contributed by atoms with Crippen molar-refractivity contribution in [3.8, 4) is 0 Å². The molecular formula is C15H28N2O. The van der Waals surface area contributed by atoms with Gasteiger partial charge in [0.2, 0.25) is 5.91 Å². The lowest BCUT2D eigenvalue weighted by atomic mass is 9.79. The van der Waals surface area contributed by atoms with Gasteiger partial charge in [-0.3, -0.25) is 4.79 Å². The monoisotopic (exact) mass is 252 g/mol. The van der Waals surface area contributed by atoms with Gasteiger partial charge >= 0.3 is 0 Å². The lowest BCUT2D eigenvalue weighted by Gasteiger charge is -2.32. The summed E-state index contributed by atoms with van der Waals surface area (Å²) >= 11 is 0. The Hall–Kier alpha value is -0.570. The second-order valence-electron chi connectivity index (χ2n) is 6.68. The summed E-state index contributed by atoms with van der Waals surface area (Å²) < 4.78 is 0. The molecule has 3 heteroatoms. The number of carbonyl (C=O) groups excluding carboxylic acids is 1. The Balaban J connectivity index is 1.85. The predicted molar refractivity (Wildman–Crippen MR) is 74.0 cm³/mol. The molecule has 2 aliphatic carbocycles. The van der Waals surface area contributed by atoms with Crippen molar-refractivity contribution in [3.05, 3.63) is 0 Å². The van der Waals surface area contributed by atoms with E-state index < -0.39 is 0 Å². The number of hydrogen-bond acceptors (Lipinski definition) is 2. The Bertz CT molecular complexity index is 305. The molecule has 6 atom stereocenters. The molecule has 2 aliphatic rings. The number of hydrogen-bond donors (Lipinski definition) is 2. The number of nitrogens with two attached hydrogens (primary N) is 1. The Labute approximate surface area is 111 Å². The maximum absolute atomic E-state index is 12.3. The van der Waals surface area contributed by atoms with E-state index in [2.05, 4.69) is 26.1 Å². The van der Waals surface area contributed by atoms with Gasteiger partial charge in [0.15, 0.2) is 0 Å². The Morgan fingerprint density at radius 2 is 1.78 bits per heavy atom. The Kier molecular flexibility index (Phi) is 4.31. The van der Waals surface area contributed by atoms with Gasteiger partial charge in [-0.15, -0.1) is 0 Å². The third kappa shape index (κ3) is 2.87. The van der Waals surface area contributed by atoms with Crippen LogP contribution in [0, 0.1) is 23.7 Å². The van der Waals surface area contributed by atoms with Crippen LogP contribution in [0.2, 0.25) is 0 Å². The van der Waals surface area contributed by atoms with Crippen LogP contribution in [0.25, 0.3) is 0 Å². The van der Waals surface area contributed by atoms with Crippen LogP contribution in [0.1, 0.15) is 52.9 Å². The van der Waals surface area contributed by atoms with Gasteiger partial charge in [0.25, 0.3) is 0 Å². The topological polar surface area (TPSA) is 55.1 Å². The van der Waals surface area contributed by atoms with Crippen LogP contribution in [0.15, 0.2) is 0 Å². The minimum Gasteiger partial charge on any atom is -0.353 e. The molecule has 0 aromatic carbocycles. The number of rotatable bonds is 2. The molecule has 0 radical (unpaired) electrons. The van der Waals surface area contributed by atoms with Crippen molar-refractivity contribution in [2.45, 2.75) is 65.0 Å². The average Bonchev–Trinajstić information content (AvgIpc) is 2.64. The van der Waals surface area contributed by atoms with Crippen LogP contribution in [0.5, 0.6) is 0 Å². The van der Waals surface area contributed by atoms with Gasteiger partial charge in [-0.1, -0.05) is 20.8 Å². The highest BCUT2D eigenvalue weighted by atomic mass is 16.1. The molecule has 104 valence electrons. The lowest BCUT2D eigenvalue weighted by molar-refractivity contribution is -0.127. The zero-order chi connectivity index (χ0) is 13.3. The van der Waals surface area contributed by atoms with Crippen molar-refractivity contribution >= 4 is 5.91 Å². The summed E-state index contributed by atoms with van der Waals surface area (Å²) in [5.41, 5.74) is 6.01. The first kappa shape index (κ1) is 13.9. The molecule has 0 heterocycles. The van der Waals surface area contributed by atoms with Gasteiger partial charge in [-0.25, -0.2) is 0 Å². The van der Waals surface area contributed by atoms with Crippen molar-refractivity contribution in [2.24, 2.45) is 29.4 Å². The highest BCUT2D eigenvalue weighted by molar-refractivity contribution is 5.79. The normalized spacial score (nSPS) is 44.9. The number of nitrogens with one attached hydrogen (secondary N) is 1. The summed E-state index contributed by atoms with van der Waals surface area (Å²) in [4.78, 5) is 12.3. The summed E-state index contributed by atoms with van der Waals surface area (Å²) in [6, 6.07) is 0.692. The van der Waals surface area contributed by atoms with Crippen LogP contribution >= 0.6 is 0 Å². The van der Waals surface area contributed by atoms with Gasteiger partial charge in [-0.2, -0.15) is 0 Å². The molecule has 3 N–H and O–H groups in total. The van der Waals surface area contributed by atoms with Crippen molar-refractivity contribution in [2.75, 3.05) is 0 Å². The molecule has 0 saturated heterocycles. The lowest BCUT2D eigenvalue weighted by Crippen LogP contribution is -2.44. The van der Waals surface area contributed by atoms with E-state index in [-0.39, 0.29) is 11.8 Å². The van der Waals surface area contributed by atoms with Gasteiger partial charge in [0.1, 0.15) is 0 Å². The predicted octanol–water partition coefficient (Wildman–Crippen LogP) is 2.30. The first-order valence-electron chi connectivity index (χ1n) is 7.55. The van der Waals surface area contributed by atoms with Gasteiger partial charge in [-0.05, 0) is 49.9 Å². The molecule has 2 rings (SSSR count). The Morgan fingerprint density at radius 1 is 1.06 bits per heavy atom. The van der Waals surface area contributed by atoms with Crippen LogP contribution in [0.4, 0.5) is 0 Å². The summed E-state index contributed by atoms with van der Waals surface area (Å²) in [5, 5.41) is 3.28. The van der Waals surface area contributed by atoms with Crippen LogP contribution in [-0.2, 0) is 4.79 Å². The summed E-state index contributed by atoms with van der Waals surface area (Å²) in [6.07, 6.45) is 5.32. The average molecular weight is 252 g/mol. The fraction of sp³-hybridized carbons (Fsp3) is 0.933.